The summed E-state index contributed by atoms with van der Waals surface area (Å²) in [5, 5.41) is 4.68. The second-order valence-electron chi connectivity index (χ2n) is 5.83. The average molecular weight is 398 g/mol. The zero-order valence-corrected chi connectivity index (χ0v) is 15.7. The number of rotatable bonds is 6. The molecule has 0 aliphatic carbocycles. The lowest BCUT2D eigenvalue weighted by atomic mass is 10.1. The molecule has 3 heterocycles. The molecule has 2 aromatic heterocycles. The molecule has 8 heteroatoms. The predicted octanol–water partition coefficient (Wildman–Crippen LogP) is 3.25. The minimum atomic E-state index is -0.436. The van der Waals surface area contributed by atoms with Gasteiger partial charge in [-0.05, 0) is 23.6 Å². The number of hydrogen-bond donors (Lipinski definition) is 0. The molecule has 0 atom stereocenters. The van der Waals surface area contributed by atoms with Gasteiger partial charge in [-0.15, -0.1) is 22.7 Å². The summed E-state index contributed by atoms with van der Waals surface area (Å²) >= 11 is 3.07. The standard InChI is InChI=1S/C19H14N2O4S2/c22-16(10-12-11-27-17(20-12)15-6-3-9-26-15)25-8-7-21-18(23)13-4-1-2-5-14(13)19(21)24/h1-6,9,11H,7-8,10H2. The van der Waals surface area contributed by atoms with Crippen LogP contribution in [0.4, 0.5) is 0 Å². The van der Waals surface area contributed by atoms with Crippen LogP contribution in [0.1, 0.15) is 26.4 Å². The Morgan fingerprint density at radius 1 is 1.04 bits per heavy atom. The van der Waals surface area contributed by atoms with E-state index in [2.05, 4.69) is 4.98 Å². The molecule has 0 N–H and O–H groups in total. The molecule has 1 aromatic carbocycles. The molecular formula is C19H14N2O4S2. The first-order chi connectivity index (χ1) is 13.1. The number of fused-ring (bicyclic) bond motifs is 1. The van der Waals surface area contributed by atoms with E-state index in [0.29, 0.717) is 16.8 Å². The van der Waals surface area contributed by atoms with Gasteiger partial charge in [0, 0.05) is 5.38 Å². The van der Waals surface area contributed by atoms with Crippen molar-refractivity contribution < 1.29 is 19.1 Å². The first-order valence-corrected chi connectivity index (χ1v) is 9.98. The number of hydrogen-bond acceptors (Lipinski definition) is 7. The van der Waals surface area contributed by atoms with Gasteiger partial charge in [-0.25, -0.2) is 4.98 Å². The van der Waals surface area contributed by atoms with Gasteiger partial charge in [0.1, 0.15) is 11.6 Å². The molecule has 2 amide bonds. The van der Waals surface area contributed by atoms with E-state index in [1.54, 1.807) is 35.6 Å². The maximum Gasteiger partial charge on any atom is 0.311 e. The number of imide groups is 1. The molecule has 0 spiro atoms. The average Bonchev–Trinajstić information content (AvgIpc) is 3.39. The van der Waals surface area contributed by atoms with Crippen molar-refractivity contribution in [1.29, 1.82) is 0 Å². The van der Waals surface area contributed by atoms with E-state index >= 15 is 0 Å². The summed E-state index contributed by atoms with van der Waals surface area (Å²) < 4.78 is 5.19. The van der Waals surface area contributed by atoms with Gasteiger partial charge in [-0.1, -0.05) is 18.2 Å². The van der Waals surface area contributed by atoms with Crippen LogP contribution in [0.2, 0.25) is 0 Å². The fourth-order valence-corrected chi connectivity index (χ4v) is 4.43. The Balaban J connectivity index is 1.29. The zero-order valence-electron chi connectivity index (χ0n) is 14.1. The number of ether oxygens (including phenoxy) is 1. The van der Waals surface area contributed by atoms with Crippen molar-refractivity contribution >= 4 is 40.5 Å². The smallest absolute Gasteiger partial charge is 0.311 e. The van der Waals surface area contributed by atoms with Crippen molar-refractivity contribution in [2.75, 3.05) is 13.2 Å². The van der Waals surface area contributed by atoms with Crippen molar-refractivity contribution in [3.05, 3.63) is 64.0 Å². The number of esters is 1. The van der Waals surface area contributed by atoms with Gasteiger partial charge in [-0.3, -0.25) is 19.3 Å². The van der Waals surface area contributed by atoms with Crippen molar-refractivity contribution in [3.63, 3.8) is 0 Å². The van der Waals surface area contributed by atoms with Crippen molar-refractivity contribution in [2.45, 2.75) is 6.42 Å². The van der Waals surface area contributed by atoms with E-state index in [4.69, 9.17) is 4.74 Å². The number of aromatic nitrogens is 1. The van der Waals surface area contributed by atoms with Gasteiger partial charge in [0.05, 0.1) is 34.7 Å². The minimum absolute atomic E-state index is 0.0355. The van der Waals surface area contributed by atoms with Crippen LogP contribution < -0.4 is 0 Å². The summed E-state index contributed by atoms with van der Waals surface area (Å²) in [6, 6.07) is 10.6. The predicted molar refractivity (Wildman–Crippen MR) is 102 cm³/mol. The number of nitrogens with zero attached hydrogens (tertiary/aromatic N) is 2. The fraction of sp³-hybridized carbons (Fsp3) is 0.158. The zero-order chi connectivity index (χ0) is 18.8. The highest BCUT2D eigenvalue weighted by Gasteiger charge is 2.34. The van der Waals surface area contributed by atoms with Crippen molar-refractivity contribution in [3.8, 4) is 9.88 Å². The third-order valence-corrected chi connectivity index (χ3v) is 6.00. The van der Waals surface area contributed by atoms with Crippen LogP contribution in [-0.2, 0) is 16.0 Å². The summed E-state index contributed by atoms with van der Waals surface area (Å²) in [7, 11) is 0. The van der Waals surface area contributed by atoms with Gasteiger partial charge in [0.2, 0.25) is 0 Å². The molecule has 4 rings (SSSR count). The van der Waals surface area contributed by atoms with E-state index in [9.17, 15) is 14.4 Å². The Morgan fingerprint density at radius 2 is 1.78 bits per heavy atom. The second kappa shape index (κ2) is 7.42. The molecule has 0 saturated heterocycles. The van der Waals surface area contributed by atoms with E-state index in [0.717, 1.165) is 14.8 Å². The first-order valence-electron chi connectivity index (χ1n) is 8.22. The quantitative estimate of drug-likeness (QED) is 0.471. The molecule has 0 bridgehead atoms. The lowest BCUT2D eigenvalue weighted by Gasteiger charge is -2.13. The third-order valence-electron chi connectivity index (χ3n) is 4.07. The van der Waals surface area contributed by atoms with Crippen LogP contribution in [0.5, 0.6) is 0 Å². The Hall–Kier alpha value is -2.84. The Labute approximate surface area is 163 Å². The van der Waals surface area contributed by atoms with E-state index in [1.165, 1.54) is 11.3 Å². The van der Waals surface area contributed by atoms with E-state index < -0.39 is 5.97 Å². The molecule has 136 valence electrons. The van der Waals surface area contributed by atoms with Gasteiger partial charge in [0.15, 0.2) is 0 Å². The van der Waals surface area contributed by atoms with Gasteiger partial charge < -0.3 is 4.74 Å². The fourth-order valence-electron chi connectivity index (χ4n) is 2.79. The molecular weight excluding hydrogens is 384 g/mol. The summed E-state index contributed by atoms with van der Waals surface area (Å²) in [5.41, 5.74) is 1.42. The van der Waals surface area contributed by atoms with Crippen LogP contribution in [0.15, 0.2) is 47.2 Å². The monoisotopic (exact) mass is 398 g/mol. The highest BCUT2D eigenvalue weighted by atomic mass is 32.1. The Morgan fingerprint density at radius 3 is 2.44 bits per heavy atom. The summed E-state index contributed by atoms with van der Waals surface area (Å²) in [5.74, 6) is -1.15. The third kappa shape index (κ3) is 3.54. The highest BCUT2D eigenvalue weighted by Crippen LogP contribution is 2.28. The van der Waals surface area contributed by atoms with Gasteiger partial charge in [-0.2, -0.15) is 0 Å². The van der Waals surface area contributed by atoms with Crippen molar-refractivity contribution in [2.24, 2.45) is 0 Å². The molecule has 27 heavy (non-hydrogen) atoms. The molecule has 0 radical (unpaired) electrons. The van der Waals surface area contributed by atoms with E-state index in [1.807, 2.05) is 22.9 Å². The molecule has 0 saturated carbocycles. The number of amides is 2. The number of thiophene rings is 1. The Bertz CT molecular complexity index is 975. The normalized spacial score (nSPS) is 13.1. The SMILES string of the molecule is O=C(Cc1csc(-c2cccs2)n1)OCCN1C(=O)c2ccccc2C1=O. The highest BCUT2D eigenvalue weighted by molar-refractivity contribution is 7.20. The lowest BCUT2D eigenvalue weighted by Crippen LogP contribution is -2.33. The van der Waals surface area contributed by atoms with Crippen LogP contribution in [0, 0.1) is 0 Å². The summed E-state index contributed by atoms with van der Waals surface area (Å²) in [6.45, 7) is 0.00180. The van der Waals surface area contributed by atoms with Crippen LogP contribution >= 0.6 is 22.7 Å². The van der Waals surface area contributed by atoms with Crippen LogP contribution in [-0.4, -0.2) is 40.8 Å². The van der Waals surface area contributed by atoms with Gasteiger partial charge in [0.25, 0.3) is 11.8 Å². The Kier molecular flexibility index (Phi) is 4.83. The number of benzene rings is 1. The molecule has 0 fully saturated rings. The topological polar surface area (TPSA) is 76.6 Å². The number of carbonyl (C=O) groups is 3. The molecule has 1 aliphatic heterocycles. The summed E-state index contributed by atoms with van der Waals surface area (Å²) in [6.07, 6.45) is 0.0595. The maximum atomic E-state index is 12.2. The first kappa shape index (κ1) is 17.6. The second-order valence-corrected chi connectivity index (χ2v) is 7.63. The van der Waals surface area contributed by atoms with E-state index in [-0.39, 0.29) is 31.4 Å². The molecule has 3 aromatic rings. The summed E-state index contributed by atoms with van der Waals surface area (Å²) in [4.78, 5) is 43.1. The maximum absolute atomic E-state index is 12.2. The molecule has 0 unspecified atom stereocenters. The minimum Gasteiger partial charge on any atom is -0.463 e. The van der Waals surface area contributed by atoms with Gasteiger partial charge >= 0.3 is 5.97 Å². The molecule has 1 aliphatic rings. The lowest BCUT2D eigenvalue weighted by molar-refractivity contribution is -0.143. The van der Waals surface area contributed by atoms with Crippen LogP contribution in [0.3, 0.4) is 0 Å². The number of carbonyl (C=O) groups excluding carboxylic acids is 3. The largest absolute Gasteiger partial charge is 0.463 e. The van der Waals surface area contributed by atoms with Crippen molar-refractivity contribution in [1.82, 2.24) is 9.88 Å². The van der Waals surface area contributed by atoms with Crippen LogP contribution in [0.25, 0.3) is 9.88 Å². The number of thiazole rings is 1. The molecule has 6 nitrogen and oxygen atoms in total.